The van der Waals surface area contributed by atoms with Crippen molar-refractivity contribution in [1.29, 1.82) is 0 Å². The highest BCUT2D eigenvalue weighted by Crippen LogP contribution is 2.31. The predicted molar refractivity (Wildman–Crippen MR) is 105 cm³/mol. The van der Waals surface area contributed by atoms with Gasteiger partial charge in [0, 0.05) is 49.6 Å². The highest BCUT2D eigenvalue weighted by Gasteiger charge is 2.20. The molecule has 0 aliphatic heterocycles. The fourth-order valence-corrected chi connectivity index (χ4v) is 3.75. The lowest BCUT2D eigenvalue weighted by atomic mass is 10.0. The van der Waals surface area contributed by atoms with Crippen LogP contribution in [0.15, 0.2) is 59.3 Å². The summed E-state index contributed by atoms with van der Waals surface area (Å²) < 4.78 is 0.908. The summed E-state index contributed by atoms with van der Waals surface area (Å²) in [5, 5.41) is 12.3. The molecule has 126 valence electrons. The molecule has 0 amide bonds. The largest absolute Gasteiger partial charge is 0.508 e. The van der Waals surface area contributed by atoms with E-state index in [1.165, 1.54) is 0 Å². The molecule has 5 rings (SSSR count). The van der Waals surface area contributed by atoms with Crippen LogP contribution in [0.5, 0.6) is 5.75 Å². The quantitative estimate of drug-likeness (QED) is 0.365. The number of carbonyl (C=O) groups is 1. The molecule has 0 spiro atoms. The van der Waals surface area contributed by atoms with Gasteiger partial charge in [0.05, 0.1) is 5.52 Å². The van der Waals surface area contributed by atoms with E-state index in [9.17, 15) is 9.90 Å². The van der Waals surface area contributed by atoms with Gasteiger partial charge < -0.3 is 15.1 Å². The van der Waals surface area contributed by atoms with Crippen LogP contribution in [0.2, 0.25) is 0 Å². The van der Waals surface area contributed by atoms with Crippen molar-refractivity contribution < 1.29 is 9.90 Å². The number of aromatic nitrogens is 3. The van der Waals surface area contributed by atoms with Crippen molar-refractivity contribution in [3.05, 3.63) is 70.6 Å². The first kappa shape index (κ1) is 15.2. The SMILES string of the molecule is O=C(c1c[nH]c2ccc(Br)cc12)c1nccc2c1[nH]c1ccc(O)cc12. The molecule has 0 aliphatic rings. The second-order valence-electron chi connectivity index (χ2n) is 6.16. The summed E-state index contributed by atoms with van der Waals surface area (Å²) in [7, 11) is 0. The maximum Gasteiger partial charge on any atom is 0.215 e. The van der Waals surface area contributed by atoms with E-state index in [4.69, 9.17) is 0 Å². The Balaban J connectivity index is 1.76. The molecule has 5 aromatic rings. The minimum Gasteiger partial charge on any atom is -0.508 e. The molecule has 0 fully saturated rings. The van der Waals surface area contributed by atoms with Gasteiger partial charge in [-0.05, 0) is 42.5 Å². The number of ketones is 1. The van der Waals surface area contributed by atoms with E-state index in [0.717, 1.165) is 31.7 Å². The molecule has 0 saturated carbocycles. The van der Waals surface area contributed by atoms with Crippen molar-refractivity contribution >= 4 is 54.4 Å². The third-order valence-corrected chi connectivity index (χ3v) is 5.10. The number of pyridine rings is 1. The van der Waals surface area contributed by atoms with Gasteiger partial charge in [0.15, 0.2) is 0 Å². The normalized spacial score (nSPS) is 11.6. The number of carbonyl (C=O) groups excluding carboxylic acids is 1. The molecule has 0 aliphatic carbocycles. The number of fused-ring (bicyclic) bond motifs is 4. The van der Waals surface area contributed by atoms with Crippen LogP contribution in [0.25, 0.3) is 32.7 Å². The second-order valence-corrected chi connectivity index (χ2v) is 7.07. The van der Waals surface area contributed by atoms with Gasteiger partial charge in [-0.25, -0.2) is 0 Å². The number of phenols is 1. The predicted octanol–water partition coefficient (Wildman–Crippen LogP) is 4.90. The average molecular weight is 406 g/mol. The number of nitrogens with one attached hydrogen (secondary N) is 2. The molecular formula is C20H12BrN3O2. The van der Waals surface area contributed by atoms with Crippen molar-refractivity contribution in [3.8, 4) is 5.75 Å². The van der Waals surface area contributed by atoms with E-state index in [1.54, 1.807) is 30.6 Å². The van der Waals surface area contributed by atoms with E-state index >= 15 is 0 Å². The molecule has 6 heteroatoms. The number of aromatic hydroxyl groups is 1. The van der Waals surface area contributed by atoms with Crippen LogP contribution in [0.4, 0.5) is 0 Å². The molecule has 5 nitrogen and oxygen atoms in total. The third-order valence-electron chi connectivity index (χ3n) is 4.61. The van der Waals surface area contributed by atoms with Crippen LogP contribution in [0.1, 0.15) is 16.1 Å². The van der Waals surface area contributed by atoms with Gasteiger partial charge in [-0.2, -0.15) is 0 Å². The lowest BCUT2D eigenvalue weighted by Crippen LogP contribution is -2.04. The van der Waals surface area contributed by atoms with Crippen LogP contribution in [-0.4, -0.2) is 25.8 Å². The Morgan fingerprint density at radius 1 is 1.00 bits per heavy atom. The third kappa shape index (κ3) is 2.16. The molecule has 26 heavy (non-hydrogen) atoms. The zero-order valence-corrected chi connectivity index (χ0v) is 15.0. The van der Waals surface area contributed by atoms with E-state index in [0.29, 0.717) is 16.8 Å². The minimum atomic E-state index is -0.157. The number of H-pyrrole nitrogens is 2. The molecule has 3 aromatic heterocycles. The molecule has 0 saturated heterocycles. The zero-order chi connectivity index (χ0) is 17.8. The number of phenolic OH excluding ortho intramolecular Hbond substituents is 1. The van der Waals surface area contributed by atoms with Crippen LogP contribution >= 0.6 is 15.9 Å². The first-order valence-electron chi connectivity index (χ1n) is 8.02. The summed E-state index contributed by atoms with van der Waals surface area (Å²) in [6, 6.07) is 12.7. The maximum absolute atomic E-state index is 13.2. The number of rotatable bonds is 2. The molecule has 0 bridgehead atoms. The smallest absolute Gasteiger partial charge is 0.215 e. The van der Waals surface area contributed by atoms with Gasteiger partial charge in [0.2, 0.25) is 5.78 Å². The molecule has 3 heterocycles. The Labute approximate surface area is 155 Å². The van der Waals surface area contributed by atoms with E-state index in [1.807, 2.05) is 24.3 Å². The van der Waals surface area contributed by atoms with Gasteiger partial charge in [0.25, 0.3) is 0 Å². The molecule has 0 atom stereocenters. The minimum absolute atomic E-state index is 0.157. The summed E-state index contributed by atoms with van der Waals surface area (Å²) in [6.45, 7) is 0. The average Bonchev–Trinajstić information content (AvgIpc) is 3.21. The fourth-order valence-electron chi connectivity index (χ4n) is 3.39. The lowest BCUT2D eigenvalue weighted by Gasteiger charge is -2.01. The van der Waals surface area contributed by atoms with Crippen LogP contribution < -0.4 is 0 Å². The van der Waals surface area contributed by atoms with Crippen LogP contribution in [-0.2, 0) is 0 Å². The molecule has 0 unspecified atom stereocenters. The number of hydrogen-bond acceptors (Lipinski definition) is 3. The summed E-state index contributed by atoms with van der Waals surface area (Å²) in [4.78, 5) is 24.0. The summed E-state index contributed by atoms with van der Waals surface area (Å²) in [5.41, 5.74) is 3.34. The Bertz CT molecular complexity index is 1330. The monoisotopic (exact) mass is 405 g/mol. The van der Waals surface area contributed by atoms with Gasteiger partial charge in [-0.15, -0.1) is 0 Å². The topological polar surface area (TPSA) is 81.8 Å². The van der Waals surface area contributed by atoms with Crippen molar-refractivity contribution in [2.75, 3.05) is 0 Å². The second kappa shape index (κ2) is 5.44. The van der Waals surface area contributed by atoms with Crippen molar-refractivity contribution in [2.45, 2.75) is 0 Å². The van der Waals surface area contributed by atoms with Crippen molar-refractivity contribution in [2.24, 2.45) is 0 Å². The number of hydrogen-bond donors (Lipinski definition) is 3. The number of benzene rings is 2. The Hall–Kier alpha value is -3.12. The maximum atomic E-state index is 13.2. The molecular weight excluding hydrogens is 394 g/mol. The molecule has 2 aromatic carbocycles. The van der Waals surface area contributed by atoms with E-state index in [-0.39, 0.29) is 11.5 Å². The molecule has 0 radical (unpaired) electrons. The summed E-state index contributed by atoms with van der Waals surface area (Å²) >= 11 is 3.46. The first-order valence-corrected chi connectivity index (χ1v) is 8.82. The van der Waals surface area contributed by atoms with Crippen LogP contribution in [0, 0.1) is 0 Å². The van der Waals surface area contributed by atoms with Gasteiger partial charge in [0.1, 0.15) is 11.4 Å². The first-order chi connectivity index (χ1) is 12.6. The van der Waals surface area contributed by atoms with Gasteiger partial charge >= 0.3 is 0 Å². The summed E-state index contributed by atoms with van der Waals surface area (Å²) in [5.74, 6) is 0.0281. The lowest BCUT2D eigenvalue weighted by molar-refractivity contribution is 0.103. The van der Waals surface area contributed by atoms with Crippen molar-refractivity contribution in [3.63, 3.8) is 0 Å². The standard InChI is InChI=1S/C20H12BrN3O2/c21-10-1-3-16-13(7-10)15(9-23-16)20(26)19-18-12(5-6-22-19)14-8-11(25)2-4-17(14)24-18/h1-9,23-25H. The van der Waals surface area contributed by atoms with Gasteiger partial charge in [-0.1, -0.05) is 15.9 Å². The number of halogens is 1. The van der Waals surface area contributed by atoms with E-state index in [2.05, 4.69) is 30.9 Å². The van der Waals surface area contributed by atoms with E-state index < -0.39 is 0 Å². The Morgan fingerprint density at radius 3 is 2.73 bits per heavy atom. The Morgan fingerprint density at radius 2 is 1.85 bits per heavy atom. The van der Waals surface area contributed by atoms with Crippen LogP contribution in [0.3, 0.4) is 0 Å². The number of aromatic amines is 2. The van der Waals surface area contributed by atoms with Crippen molar-refractivity contribution in [1.82, 2.24) is 15.0 Å². The highest BCUT2D eigenvalue weighted by atomic mass is 79.9. The highest BCUT2D eigenvalue weighted by molar-refractivity contribution is 9.10. The summed E-state index contributed by atoms with van der Waals surface area (Å²) in [6.07, 6.45) is 3.34. The zero-order valence-electron chi connectivity index (χ0n) is 13.4. The van der Waals surface area contributed by atoms with Gasteiger partial charge in [-0.3, -0.25) is 9.78 Å². The molecule has 3 N–H and O–H groups in total. The Kier molecular flexibility index (Phi) is 3.17. The number of nitrogens with zero attached hydrogens (tertiary/aromatic N) is 1. The fraction of sp³-hybridized carbons (Fsp3) is 0.